The molecule has 0 unspecified atom stereocenters. The van der Waals surface area contributed by atoms with E-state index in [-0.39, 0.29) is 0 Å². The van der Waals surface area contributed by atoms with Gasteiger partial charge in [-0.05, 0) is 53.3 Å². The van der Waals surface area contributed by atoms with Crippen LogP contribution in [0.25, 0.3) is 10.8 Å². The van der Waals surface area contributed by atoms with Crippen molar-refractivity contribution >= 4 is 10.8 Å². The number of hydrogen-bond donors (Lipinski definition) is 1. The molecule has 24 heavy (non-hydrogen) atoms. The fraction of sp³-hybridized carbons (Fsp3) is 0.524. The Hall–Kier alpha value is -1.58. The number of nitrogens with one attached hydrogen (secondary N) is 1. The Kier molecular flexibility index (Phi) is 5.75. The zero-order chi connectivity index (χ0) is 16.9. The van der Waals surface area contributed by atoms with Crippen LogP contribution in [-0.2, 0) is 0 Å². The second-order valence-corrected chi connectivity index (χ2v) is 7.25. The smallest absolute Gasteiger partial charge is 0.119 e. The number of benzene rings is 2. The minimum Gasteiger partial charge on any atom is -0.497 e. The third kappa shape index (κ3) is 4.08. The molecule has 0 aliphatic carbocycles. The maximum Gasteiger partial charge on any atom is 0.119 e. The van der Waals surface area contributed by atoms with Crippen molar-refractivity contribution < 1.29 is 4.74 Å². The topological polar surface area (TPSA) is 24.5 Å². The van der Waals surface area contributed by atoms with Gasteiger partial charge in [0.05, 0.1) is 7.11 Å². The van der Waals surface area contributed by atoms with Crippen molar-refractivity contribution in [3.63, 3.8) is 0 Å². The highest BCUT2D eigenvalue weighted by atomic mass is 16.5. The Bertz CT molecular complexity index is 662. The van der Waals surface area contributed by atoms with Gasteiger partial charge in [0.1, 0.15) is 5.75 Å². The molecule has 0 aromatic heterocycles. The van der Waals surface area contributed by atoms with Crippen molar-refractivity contribution in [1.29, 1.82) is 0 Å². The predicted molar refractivity (Wildman–Crippen MR) is 102 cm³/mol. The van der Waals surface area contributed by atoms with E-state index in [4.69, 9.17) is 4.74 Å². The van der Waals surface area contributed by atoms with Crippen LogP contribution in [0.15, 0.2) is 36.4 Å². The number of hydrogen-bond acceptors (Lipinski definition) is 3. The third-order valence-electron chi connectivity index (χ3n) is 5.07. The van der Waals surface area contributed by atoms with Gasteiger partial charge in [0, 0.05) is 32.2 Å². The van der Waals surface area contributed by atoms with Crippen molar-refractivity contribution in [3.8, 4) is 5.75 Å². The quantitative estimate of drug-likeness (QED) is 0.860. The van der Waals surface area contributed by atoms with E-state index >= 15 is 0 Å². The Labute approximate surface area is 146 Å². The van der Waals surface area contributed by atoms with Gasteiger partial charge >= 0.3 is 0 Å². The number of piperazine rings is 1. The molecule has 3 nitrogen and oxygen atoms in total. The summed E-state index contributed by atoms with van der Waals surface area (Å²) in [6.07, 6.45) is 2.51. The number of rotatable bonds is 6. The van der Waals surface area contributed by atoms with Crippen LogP contribution in [-0.4, -0.2) is 38.2 Å². The summed E-state index contributed by atoms with van der Waals surface area (Å²) < 4.78 is 5.34. The molecule has 1 aliphatic heterocycles. The number of methoxy groups -OCH3 is 1. The predicted octanol–water partition coefficient (Wildman–Crippen LogP) is 4.23. The minimum atomic E-state index is 0.529. The lowest BCUT2D eigenvalue weighted by molar-refractivity contribution is 0.160. The Morgan fingerprint density at radius 1 is 1.00 bits per heavy atom. The molecule has 3 heteroatoms. The molecule has 1 N–H and O–H groups in total. The minimum absolute atomic E-state index is 0.529. The van der Waals surface area contributed by atoms with Gasteiger partial charge in [0.2, 0.25) is 0 Å². The first-order valence-corrected chi connectivity index (χ1v) is 9.20. The van der Waals surface area contributed by atoms with E-state index in [1.807, 2.05) is 0 Å². The normalized spacial score (nSPS) is 17.3. The highest BCUT2D eigenvalue weighted by Crippen LogP contribution is 2.31. The molecule has 1 heterocycles. The fourth-order valence-corrected chi connectivity index (χ4v) is 3.62. The van der Waals surface area contributed by atoms with Crippen LogP contribution in [0.5, 0.6) is 5.75 Å². The summed E-state index contributed by atoms with van der Waals surface area (Å²) >= 11 is 0. The molecule has 3 rings (SSSR count). The van der Waals surface area contributed by atoms with Crippen LogP contribution >= 0.6 is 0 Å². The summed E-state index contributed by atoms with van der Waals surface area (Å²) in [7, 11) is 1.72. The zero-order valence-electron chi connectivity index (χ0n) is 15.2. The van der Waals surface area contributed by atoms with Gasteiger partial charge in [-0.15, -0.1) is 0 Å². The van der Waals surface area contributed by atoms with Crippen molar-refractivity contribution in [3.05, 3.63) is 42.0 Å². The molecular formula is C21H30N2O. The second-order valence-electron chi connectivity index (χ2n) is 7.25. The maximum atomic E-state index is 5.34. The summed E-state index contributed by atoms with van der Waals surface area (Å²) in [5.74, 6) is 1.67. The van der Waals surface area contributed by atoms with Crippen LogP contribution in [0, 0.1) is 5.92 Å². The first-order valence-electron chi connectivity index (χ1n) is 9.20. The number of ether oxygens (including phenoxy) is 1. The molecule has 1 saturated heterocycles. The summed E-state index contributed by atoms with van der Waals surface area (Å²) in [6, 6.07) is 13.8. The van der Waals surface area contributed by atoms with Crippen molar-refractivity contribution in [2.45, 2.75) is 32.7 Å². The molecule has 1 atom stereocenters. The average molecular weight is 326 g/mol. The molecule has 0 radical (unpaired) electrons. The first-order chi connectivity index (χ1) is 11.7. The lowest BCUT2D eigenvalue weighted by Gasteiger charge is -2.36. The van der Waals surface area contributed by atoms with Gasteiger partial charge in [-0.1, -0.05) is 32.0 Å². The summed E-state index contributed by atoms with van der Waals surface area (Å²) in [5.41, 5.74) is 1.45. The van der Waals surface area contributed by atoms with Crippen molar-refractivity contribution in [1.82, 2.24) is 10.2 Å². The van der Waals surface area contributed by atoms with E-state index in [1.165, 1.54) is 29.2 Å². The Balaban J connectivity index is 1.88. The highest BCUT2D eigenvalue weighted by molar-refractivity contribution is 5.84. The summed E-state index contributed by atoms with van der Waals surface area (Å²) in [5, 5.41) is 6.03. The fourth-order valence-electron chi connectivity index (χ4n) is 3.62. The third-order valence-corrected chi connectivity index (χ3v) is 5.07. The molecule has 1 aliphatic rings. The largest absolute Gasteiger partial charge is 0.497 e. The Morgan fingerprint density at radius 3 is 2.42 bits per heavy atom. The monoisotopic (exact) mass is 326 g/mol. The zero-order valence-corrected chi connectivity index (χ0v) is 15.2. The lowest BCUT2D eigenvalue weighted by Crippen LogP contribution is -2.45. The van der Waals surface area contributed by atoms with Crippen LogP contribution in [0.3, 0.4) is 0 Å². The average Bonchev–Trinajstić information content (AvgIpc) is 2.62. The summed E-state index contributed by atoms with van der Waals surface area (Å²) in [4.78, 5) is 2.66. The summed E-state index contributed by atoms with van der Waals surface area (Å²) in [6.45, 7) is 9.13. The van der Waals surface area contributed by atoms with E-state index < -0.39 is 0 Å². The molecule has 0 spiro atoms. The van der Waals surface area contributed by atoms with Crippen LogP contribution < -0.4 is 10.1 Å². The lowest BCUT2D eigenvalue weighted by atomic mass is 9.94. The molecule has 2 aromatic carbocycles. The first kappa shape index (κ1) is 17.2. The van der Waals surface area contributed by atoms with Gasteiger partial charge in [-0.2, -0.15) is 0 Å². The number of fused-ring (bicyclic) bond motifs is 1. The molecular weight excluding hydrogens is 296 g/mol. The molecule has 130 valence electrons. The van der Waals surface area contributed by atoms with E-state index in [1.54, 1.807) is 7.11 Å². The molecule has 2 aromatic rings. The van der Waals surface area contributed by atoms with Gasteiger partial charge in [-0.25, -0.2) is 0 Å². The van der Waals surface area contributed by atoms with Gasteiger partial charge in [0.15, 0.2) is 0 Å². The molecule has 0 saturated carbocycles. The van der Waals surface area contributed by atoms with E-state index in [2.05, 4.69) is 60.5 Å². The van der Waals surface area contributed by atoms with E-state index in [0.717, 1.165) is 37.8 Å². The van der Waals surface area contributed by atoms with E-state index in [9.17, 15) is 0 Å². The Morgan fingerprint density at radius 2 is 1.71 bits per heavy atom. The van der Waals surface area contributed by atoms with Gasteiger partial charge in [0.25, 0.3) is 0 Å². The van der Waals surface area contributed by atoms with Crippen molar-refractivity contribution in [2.75, 3.05) is 33.3 Å². The molecule has 0 bridgehead atoms. The van der Waals surface area contributed by atoms with E-state index in [0.29, 0.717) is 6.04 Å². The molecule has 1 fully saturated rings. The standard InChI is InChI=1S/C21H30N2O/c1-16(2)4-9-21(23-12-10-22-11-13-23)19-6-5-18-15-20(24-3)8-7-17(18)14-19/h5-8,14-16,21-22H,4,9-13H2,1-3H3/t21-/m1/s1. The van der Waals surface area contributed by atoms with Gasteiger partial charge in [-0.3, -0.25) is 4.90 Å². The van der Waals surface area contributed by atoms with Crippen LogP contribution in [0.1, 0.15) is 38.3 Å². The van der Waals surface area contributed by atoms with Crippen LogP contribution in [0.4, 0.5) is 0 Å². The number of nitrogens with zero attached hydrogens (tertiary/aromatic N) is 1. The highest BCUT2D eigenvalue weighted by Gasteiger charge is 2.22. The second kappa shape index (κ2) is 8.00. The van der Waals surface area contributed by atoms with Crippen LogP contribution in [0.2, 0.25) is 0 Å². The SMILES string of the molecule is COc1ccc2cc([C@@H](CCC(C)C)N3CCNCC3)ccc2c1. The van der Waals surface area contributed by atoms with Crippen molar-refractivity contribution in [2.24, 2.45) is 5.92 Å². The van der Waals surface area contributed by atoms with Gasteiger partial charge < -0.3 is 10.1 Å². The maximum absolute atomic E-state index is 5.34. The molecule has 0 amide bonds.